The molecule has 0 fully saturated rings. The number of nitrogen functional groups attached to an aromatic ring is 1. The zero-order valence-electron chi connectivity index (χ0n) is 12.2. The van der Waals surface area contributed by atoms with Crippen molar-refractivity contribution in [2.75, 3.05) is 17.7 Å². The first-order valence-electron chi connectivity index (χ1n) is 6.56. The number of ether oxygens (including phenoxy) is 1. The van der Waals surface area contributed by atoms with E-state index < -0.39 is 5.97 Å². The van der Waals surface area contributed by atoms with E-state index in [-0.39, 0.29) is 12.6 Å². The van der Waals surface area contributed by atoms with E-state index in [1.165, 1.54) is 12.3 Å². The minimum absolute atomic E-state index is 0.179. The second-order valence-corrected chi connectivity index (χ2v) is 4.55. The smallest absolute Gasteiger partial charge is 0.341 e. The number of aromatic nitrogens is 4. The Balaban J connectivity index is 2.27. The maximum Gasteiger partial charge on any atom is 0.341 e. The summed E-state index contributed by atoms with van der Waals surface area (Å²) < 4.78 is 6.80. The second kappa shape index (κ2) is 6.21. The number of carbonyl (C=O) groups is 1. The van der Waals surface area contributed by atoms with Crippen molar-refractivity contribution in [2.45, 2.75) is 19.9 Å². The van der Waals surface area contributed by atoms with Crippen LogP contribution in [0.4, 0.5) is 11.5 Å². The summed E-state index contributed by atoms with van der Waals surface area (Å²) in [6.45, 7) is 3.93. The van der Waals surface area contributed by atoms with E-state index in [1.807, 2.05) is 14.0 Å². The van der Waals surface area contributed by atoms with Gasteiger partial charge >= 0.3 is 5.97 Å². The fraction of sp³-hybridized carbons (Fsp3) is 0.385. The topological polar surface area (TPSA) is 108 Å². The molecule has 1 unspecified atom stereocenters. The van der Waals surface area contributed by atoms with E-state index in [4.69, 9.17) is 10.5 Å². The van der Waals surface area contributed by atoms with Crippen LogP contribution in [0.5, 0.6) is 0 Å². The number of aryl methyl sites for hydroxylation is 1. The molecule has 2 aromatic rings. The van der Waals surface area contributed by atoms with Crippen molar-refractivity contribution in [3.63, 3.8) is 0 Å². The highest BCUT2D eigenvalue weighted by Crippen LogP contribution is 2.21. The van der Waals surface area contributed by atoms with E-state index in [2.05, 4.69) is 20.5 Å². The largest absolute Gasteiger partial charge is 0.462 e. The summed E-state index contributed by atoms with van der Waals surface area (Å²) in [6, 6.07) is 1.36. The Labute approximate surface area is 122 Å². The molecule has 0 saturated heterocycles. The highest BCUT2D eigenvalue weighted by Gasteiger charge is 2.18. The summed E-state index contributed by atoms with van der Waals surface area (Å²) >= 11 is 0. The molecule has 0 amide bonds. The number of nitrogens with zero attached hydrogens (tertiary/aromatic N) is 4. The van der Waals surface area contributed by atoms with Gasteiger partial charge in [0.1, 0.15) is 17.7 Å². The first-order valence-corrected chi connectivity index (χ1v) is 6.56. The Morgan fingerprint density at radius 1 is 1.57 bits per heavy atom. The van der Waals surface area contributed by atoms with Crippen molar-refractivity contribution >= 4 is 17.5 Å². The van der Waals surface area contributed by atoms with Crippen LogP contribution < -0.4 is 11.1 Å². The Kier molecular flexibility index (Phi) is 4.36. The van der Waals surface area contributed by atoms with Gasteiger partial charge in [-0.3, -0.25) is 0 Å². The Bertz CT molecular complexity index is 639. The van der Waals surface area contributed by atoms with Gasteiger partial charge in [-0.1, -0.05) is 0 Å². The van der Waals surface area contributed by atoms with Crippen molar-refractivity contribution in [3.05, 3.63) is 30.0 Å². The molecule has 0 aliphatic carbocycles. The number of anilines is 2. The SMILES string of the molecule is CCOC(=O)c1cc(N)cnc1NC(C)c1nncn1C. The third kappa shape index (κ3) is 3.28. The number of esters is 1. The second-order valence-electron chi connectivity index (χ2n) is 4.55. The van der Waals surface area contributed by atoms with Gasteiger partial charge in [0.15, 0.2) is 5.82 Å². The van der Waals surface area contributed by atoms with E-state index in [0.717, 1.165) is 5.82 Å². The van der Waals surface area contributed by atoms with Crippen molar-refractivity contribution in [3.8, 4) is 0 Å². The Morgan fingerprint density at radius 2 is 2.33 bits per heavy atom. The number of nitrogens with one attached hydrogen (secondary N) is 1. The Morgan fingerprint density at radius 3 is 2.95 bits per heavy atom. The number of hydrogen-bond donors (Lipinski definition) is 2. The van der Waals surface area contributed by atoms with Gasteiger partial charge in [0.05, 0.1) is 24.5 Å². The average Bonchev–Trinajstić information content (AvgIpc) is 2.87. The van der Waals surface area contributed by atoms with Gasteiger partial charge in [0.25, 0.3) is 0 Å². The van der Waals surface area contributed by atoms with Crippen LogP contribution in [0.25, 0.3) is 0 Å². The first-order chi connectivity index (χ1) is 10.0. The average molecular weight is 290 g/mol. The molecule has 0 saturated carbocycles. The fourth-order valence-electron chi connectivity index (χ4n) is 1.91. The molecular formula is C13H18N6O2. The predicted molar refractivity (Wildman–Crippen MR) is 77.6 cm³/mol. The predicted octanol–water partition coefficient (Wildman–Crippen LogP) is 1.14. The Hall–Kier alpha value is -2.64. The van der Waals surface area contributed by atoms with Gasteiger partial charge in [-0.25, -0.2) is 9.78 Å². The molecule has 1 atom stereocenters. The summed E-state index contributed by atoms with van der Waals surface area (Å²) in [5.41, 5.74) is 6.38. The lowest BCUT2D eigenvalue weighted by Gasteiger charge is -2.16. The molecule has 3 N–H and O–H groups in total. The molecule has 21 heavy (non-hydrogen) atoms. The molecule has 8 heteroatoms. The molecule has 0 aromatic carbocycles. The van der Waals surface area contributed by atoms with E-state index in [1.54, 1.807) is 17.8 Å². The molecule has 0 spiro atoms. The highest BCUT2D eigenvalue weighted by atomic mass is 16.5. The van der Waals surface area contributed by atoms with Gasteiger partial charge in [0.2, 0.25) is 0 Å². The summed E-state index contributed by atoms with van der Waals surface area (Å²) in [5, 5.41) is 11.0. The quantitative estimate of drug-likeness (QED) is 0.795. The number of rotatable bonds is 5. The number of carbonyl (C=O) groups excluding carboxylic acids is 1. The van der Waals surface area contributed by atoms with Crippen LogP contribution in [0.15, 0.2) is 18.6 Å². The van der Waals surface area contributed by atoms with Crippen LogP contribution in [0.2, 0.25) is 0 Å². The molecular weight excluding hydrogens is 272 g/mol. The van der Waals surface area contributed by atoms with E-state index >= 15 is 0 Å². The van der Waals surface area contributed by atoms with Gasteiger partial charge in [-0.15, -0.1) is 10.2 Å². The minimum Gasteiger partial charge on any atom is -0.462 e. The van der Waals surface area contributed by atoms with Gasteiger partial charge < -0.3 is 20.4 Å². The normalized spacial score (nSPS) is 12.0. The molecule has 2 heterocycles. The fourth-order valence-corrected chi connectivity index (χ4v) is 1.91. The lowest BCUT2D eigenvalue weighted by molar-refractivity contribution is 0.0527. The number of nitrogens with two attached hydrogens (primary N) is 1. The third-order valence-corrected chi connectivity index (χ3v) is 2.89. The van der Waals surface area contributed by atoms with Crippen LogP contribution in [-0.2, 0) is 11.8 Å². The number of pyridine rings is 1. The zero-order chi connectivity index (χ0) is 15.4. The van der Waals surface area contributed by atoms with Crippen LogP contribution >= 0.6 is 0 Å². The standard InChI is InChI=1S/C13H18N6O2/c1-4-21-13(20)10-5-9(14)6-15-11(10)17-8(2)12-18-16-7-19(12)3/h5-8H,4,14H2,1-3H3,(H,15,17). The maximum atomic E-state index is 12.0. The van der Waals surface area contributed by atoms with Crippen molar-refractivity contribution < 1.29 is 9.53 Å². The first kappa shape index (κ1) is 14.8. The molecule has 0 bridgehead atoms. The lowest BCUT2D eigenvalue weighted by Crippen LogP contribution is -2.17. The highest BCUT2D eigenvalue weighted by molar-refractivity contribution is 5.95. The molecule has 2 rings (SSSR count). The molecule has 8 nitrogen and oxygen atoms in total. The minimum atomic E-state index is -0.468. The van der Waals surface area contributed by atoms with Crippen molar-refractivity contribution in [2.24, 2.45) is 7.05 Å². The maximum absolute atomic E-state index is 12.0. The summed E-state index contributed by atoms with van der Waals surface area (Å²) in [5.74, 6) is 0.659. The van der Waals surface area contributed by atoms with Gasteiger partial charge in [0, 0.05) is 7.05 Å². The summed E-state index contributed by atoms with van der Waals surface area (Å²) in [7, 11) is 1.84. The molecule has 0 radical (unpaired) electrons. The van der Waals surface area contributed by atoms with Crippen LogP contribution in [0, 0.1) is 0 Å². The molecule has 0 aliphatic rings. The zero-order valence-corrected chi connectivity index (χ0v) is 12.2. The van der Waals surface area contributed by atoms with Gasteiger partial charge in [-0.2, -0.15) is 0 Å². The lowest BCUT2D eigenvalue weighted by atomic mass is 10.2. The van der Waals surface area contributed by atoms with Gasteiger partial charge in [-0.05, 0) is 19.9 Å². The molecule has 0 aliphatic heterocycles. The van der Waals surface area contributed by atoms with Crippen LogP contribution in [-0.4, -0.2) is 32.3 Å². The summed E-state index contributed by atoms with van der Waals surface area (Å²) in [4.78, 5) is 16.1. The molecule has 112 valence electrons. The van der Waals surface area contributed by atoms with E-state index in [9.17, 15) is 4.79 Å². The molecule has 2 aromatic heterocycles. The van der Waals surface area contributed by atoms with Crippen molar-refractivity contribution in [1.82, 2.24) is 19.7 Å². The third-order valence-electron chi connectivity index (χ3n) is 2.89. The van der Waals surface area contributed by atoms with Crippen LogP contribution in [0.1, 0.15) is 36.1 Å². The summed E-state index contributed by atoms with van der Waals surface area (Å²) in [6.07, 6.45) is 3.09. The van der Waals surface area contributed by atoms with E-state index in [0.29, 0.717) is 17.1 Å². The monoisotopic (exact) mass is 290 g/mol. The van der Waals surface area contributed by atoms with Crippen LogP contribution in [0.3, 0.4) is 0 Å². The van der Waals surface area contributed by atoms with Crippen molar-refractivity contribution in [1.29, 1.82) is 0 Å². The number of hydrogen-bond acceptors (Lipinski definition) is 7.